The molecule has 0 spiro atoms. The molecule has 0 unspecified atom stereocenters. The topological polar surface area (TPSA) is 51.6 Å². The van der Waals surface area contributed by atoms with Gasteiger partial charge >= 0.3 is 0 Å². The Labute approximate surface area is 663 Å². The zero-order valence-corrected chi connectivity index (χ0v) is 63.6. The summed E-state index contributed by atoms with van der Waals surface area (Å²) in [5.74, 6) is 1.39. The van der Waals surface area contributed by atoms with Gasteiger partial charge in [0, 0.05) is 114 Å². The summed E-state index contributed by atoms with van der Waals surface area (Å²) in [6.45, 7) is 0. The Morgan fingerprint density at radius 2 is 0.411 bits per heavy atom. The van der Waals surface area contributed by atoms with E-state index in [0.717, 1.165) is 89.5 Å². The maximum atomic E-state index is 5.39. The lowest BCUT2D eigenvalue weighted by Crippen LogP contribution is -1.97. The standard InChI is InChI=1S/2C52H32N2S2/c1-3-14-33(15-4-1)35-18-11-19-36(28-35)47-32-46(34-16-5-2-6-17-34)53-52(54-47)39-30-37(40-22-12-24-44-42-20-7-9-26-48(42)55-50(40)44)29-38(31-39)41-23-13-25-45-43-21-8-10-27-49(43)56-51(41)45;1-3-12-33(13-4-1)35-16-11-17-38(26-35)47-32-46(34-14-5-2-6-15-34)53-52(54-47)41-28-39(36-22-24-50-44(30-36)42-18-7-9-20-48(42)55-50)27-40(29-41)37-23-25-51-45(31-37)43-19-8-10-21-49(43)56-51/h2*1-32H. The molecular weight excluding hydrogens is 1430 g/mol. The van der Waals surface area contributed by atoms with E-state index in [1.165, 1.54) is 114 Å². The molecule has 0 atom stereocenters. The molecule has 0 bridgehead atoms. The normalized spacial score (nSPS) is 11.6. The van der Waals surface area contributed by atoms with Crippen molar-refractivity contribution in [2.75, 3.05) is 0 Å². The minimum atomic E-state index is 0.693. The van der Waals surface area contributed by atoms with Crippen molar-refractivity contribution in [3.8, 4) is 135 Å². The fourth-order valence-corrected chi connectivity index (χ4v) is 20.5. The summed E-state index contributed by atoms with van der Waals surface area (Å²) < 4.78 is 10.4. The molecule has 6 heterocycles. The van der Waals surface area contributed by atoms with Gasteiger partial charge < -0.3 is 0 Å². The Kier molecular flexibility index (Phi) is 17.0. The average Bonchev–Trinajstić information content (AvgIpc) is 1.31. The van der Waals surface area contributed by atoms with Crippen LogP contribution in [0.2, 0.25) is 0 Å². The van der Waals surface area contributed by atoms with Crippen molar-refractivity contribution in [3.63, 3.8) is 0 Å². The number of nitrogens with zero attached hydrogens (tertiary/aromatic N) is 4. The Balaban J connectivity index is 0.000000141. The highest BCUT2D eigenvalue weighted by Gasteiger charge is 2.21. The molecule has 0 radical (unpaired) electrons. The number of rotatable bonds is 12. The van der Waals surface area contributed by atoms with Crippen molar-refractivity contribution in [1.82, 2.24) is 19.9 Å². The predicted molar refractivity (Wildman–Crippen MR) is 481 cm³/mol. The second kappa shape index (κ2) is 28.5. The minimum absolute atomic E-state index is 0.693. The van der Waals surface area contributed by atoms with E-state index in [0.29, 0.717) is 11.6 Å². The molecule has 112 heavy (non-hydrogen) atoms. The van der Waals surface area contributed by atoms with Crippen LogP contribution in [0.3, 0.4) is 0 Å². The van der Waals surface area contributed by atoms with Crippen LogP contribution in [0.15, 0.2) is 388 Å². The zero-order valence-electron chi connectivity index (χ0n) is 60.4. The first-order valence-corrected chi connectivity index (χ1v) is 40.9. The predicted octanol–water partition coefficient (Wildman–Crippen LogP) is 30.4. The van der Waals surface area contributed by atoms with Gasteiger partial charge in [-0.25, -0.2) is 19.9 Å². The lowest BCUT2D eigenvalue weighted by atomic mass is 9.94. The molecule has 22 aromatic rings. The molecule has 16 aromatic carbocycles. The molecule has 0 saturated carbocycles. The van der Waals surface area contributed by atoms with Crippen LogP contribution in [-0.4, -0.2) is 19.9 Å². The summed E-state index contributed by atoms with van der Waals surface area (Å²) >= 11 is 7.42. The summed E-state index contributed by atoms with van der Waals surface area (Å²) in [7, 11) is 0. The molecule has 4 nitrogen and oxygen atoms in total. The molecule has 0 amide bonds. The lowest BCUT2D eigenvalue weighted by Gasteiger charge is -2.14. The summed E-state index contributed by atoms with van der Waals surface area (Å²) in [6.07, 6.45) is 0. The molecule has 0 saturated heterocycles. The van der Waals surface area contributed by atoms with Crippen LogP contribution in [0.4, 0.5) is 0 Å². The van der Waals surface area contributed by atoms with E-state index < -0.39 is 0 Å². The first kappa shape index (κ1) is 66.7. The molecule has 0 aliphatic rings. The van der Waals surface area contributed by atoms with Crippen molar-refractivity contribution in [1.29, 1.82) is 0 Å². The van der Waals surface area contributed by atoms with Gasteiger partial charge in [-0.2, -0.15) is 0 Å². The van der Waals surface area contributed by atoms with Gasteiger partial charge in [-0.05, 0) is 176 Å². The van der Waals surface area contributed by atoms with Gasteiger partial charge in [0.2, 0.25) is 0 Å². The van der Waals surface area contributed by atoms with E-state index >= 15 is 0 Å². The number of hydrogen-bond donors (Lipinski definition) is 0. The largest absolute Gasteiger partial charge is 0.228 e. The maximum Gasteiger partial charge on any atom is 0.160 e. The van der Waals surface area contributed by atoms with Crippen molar-refractivity contribution in [3.05, 3.63) is 388 Å². The van der Waals surface area contributed by atoms with Crippen LogP contribution in [0.1, 0.15) is 0 Å². The fourth-order valence-electron chi connectivity index (χ4n) is 15.9. The molecule has 524 valence electrons. The van der Waals surface area contributed by atoms with E-state index in [4.69, 9.17) is 19.9 Å². The maximum absolute atomic E-state index is 5.39. The van der Waals surface area contributed by atoms with E-state index in [2.05, 4.69) is 382 Å². The summed E-state index contributed by atoms with van der Waals surface area (Å²) in [5.41, 5.74) is 23.7. The Morgan fingerprint density at radius 1 is 0.143 bits per heavy atom. The van der Waals surface area contributed by atoms with E-state index in [-0.39, 0.29) is 0 Å². The molecule has 0 N–H and O–H groups in total. The molecule has 22 rings (SSSR count). The third-order valence-electron chi connectivity index (χ3n) is 21.4. The van der Waals surface area contributed by atoms with Gasteiger partial charge in [-0.3, -0.25) is 0 Å². The first-order valence-electron chi connectivity index (χ1n) is 37.6. The molecule has 8 heteroatoms. The van der Waals surface area contributed by atoms with Crippen LogP contribution >= 0.6 is 45.3 Å². The number of thiophene rings is 4. The van der Waals surface area contributed by atoms with Crippen LogP contribution < -0.4 is 0 Å². The van der Waals surface area contributed by atoms with Crippen molar-refractivity contribution >= 4 is 126 Å². The second-order valence-electron chi connectivity index (χ2n) is 28.3. The molecule has 0 fully saturated rings. The van der Waals surface area contributed by atoms with Crippen LogP contribution in [0, 0.1) is 0 Å². The monoisotopic (exact) mass is 1500 g/mol. The summed E-state index contributed by atoms with van der Waals surface area (Å²) in [6, 6.07) is 139. The molecule has 6 aromatic heterocycles. The highest BCUT2D eigenvalue weighted by molar-refractivity contribution is 7.27. The van der Waals surface area contributed by atoms with Gasteiger partial charge in [0.1, 0.15) is 0 Å². The smallest absolute Gasteiger partial charge is 0.160 e. The van der Waals surface area contributed by atoms with E-state index in [1.54, 1.807) is 0 Å². The second-order valence-corrected chi connectivity index (χ2v) is 32.6. The SMILES string of the molecule is c1ccc(-c2cccc(-c3cc(-c4ccccc4)nc(-c4cc(-c5ccc6sc7ccccc7c6c5)cc(-c5ccc6sc7ccccc7c6c5)c4)n3)c2)cc1.c1ccc(-c2cccc(-c3cc(-c4ccccc4)nc(-c4cc(-c5cccc6c5sc5ccccc56)cc(-c5cccc6c5sc5ccccc56)c4)n3)c2)cc1. The molecule has 0 aliphatic heterocycles. The third-order valence-corrected chi connectivity index (χ3v) is 26.1. The number of hydrogen-bond acceptors (Lipinski definition) is 8. The molecular formula is C104H64N4S4. The van der Waals surface area contributed by atoms with Gasteiger partial charge in [0.25, 0.3) is 0 Å². The van der Waals surface area contributed by atoms with Gasteiger partial charge in [-0.1, -0.05) is 279 Å². The van der Waals surface area contributed by atoms with Gasteiger partial charge in [-0.15, -0.1) is 45.3 Å². The highest BCUT2D eigenvalue weighted by atomic mass is 32.1. The van der Waals surface area contributed by atoms with E-state index in [1.807, 2.05) is 51.4 Å². The Morgan fingerprint density at radius 3 is 0.821 bits per heavy atom. The Bertz CT molecular complexity index is 7120. The quantitative estimate of drug-likeness (QED) is 0.122. The first-order chi connectivity index (χ1) is 55.4. The third kappa shape index (κ3) is 12.6. The number of benzene rings is 16. The minimum Gasteiger partial charge on any atom is -0.228 e. The number of aromatic nitrogens is 4. The lowest BCUT2D eigenvalue weighted by molar-refractivity contribution is 1.18. The van der Waals surface area contributed by atoms with Crippen molar-refractivity contribution in [2.24, 2.45) is 0 Å². The van der Waals surface area contributed by atoms with Crippen LogP contribution in [0.5, 0.6) is 0 Å². The van der Waals surface area contributed by atoms with Gasteiger partial charge in [0.05, 0.1) is 22.8 Å². The summed E-state index contributed by atoms with van der Waals surface area (Å²) in [4.78, 5) is 21.4. The molecule has 0 aliphatic carbocycles. The average molecular weight is 1500 g/mol. The van der Waals surface area contributed by atoms with Gasteiger partial charge in [0.15, 0.2) is 11.6 Å². The summed E-state index contributed by atoms with van der Waals surface area (Å²) in [5, 5.41) is 10.3. The fraction of sp³-hybridized carbons (Fsp3) is 0. The van der Waals surface area contributed by atoms with Crippen LogP contribution in [-0.2, 0) is 0 Å². The Hall–Kier alpha value is -13.4. The van der Waals surface area contributed by atoms with Crippen molar-refractivity contribution < 1.29 is 0 Å². The number of fused-ring (bicyclic) bond motifs is 12. The van der Waals surface area contributed by atoms with Crippen LogP contribution in [0.25, 0.3) is 215 Å². The highest BCUT2D eigenvalue weighted by Crippen LogP contribution is 2.47. The van der Waals surface area contributed by atoms with E-state index in [9.17, 15) is 0 Å². The zero-order chi connectivity index (χ0) is 74.0. The van der Waals surface area contributed by atoms with Crippen molar-refractivity contribution in [2.45, 2.75) is 0 Å².